The van der Waals surface area contributed by atoms with Crippen LogP contribution in [0.2, 0.25) is 0 Å². The number of aliphatic hydroxyl groups is 1. The van der Waals surface area contributed by atoms with Gasteiger partial charge in [0.2, 0.25) is 0 Å². The van der Waals surface area contributed by atoms with Crippen molar-refractivity contribution in [1.29, 1.82) is 0 Å². The molecule has 1 aliphatic rings. The van der Waals surface area contributed by atoms with Gasteiger partial charge in [-0.25, -0.2) is 0 Å². The molecule has 0 bridgehead atoms. The van der Waals surface area contributed by atoms with Crippen LogP contribution >= 0.6 is 0 Å². The van der Waals surface area contributed by atoms with E-state index < -0.39 is 17.7 Å². The summed E-state index contributed by atoms with van der Waals surface area (Å²) in [5.74, 6) is -0.745. The van der Waals surface area contributed by atoms with Crippen LogP contribution in [0.3, 0.4) is 0 Å². The van der Waals surface area contributed by atoms with E-state index in [-0.39, 0.29) is 11.3 Å². The summed E-state index contributed by atoms with van der Waals surface area (Å²) >= 11 is 0. The second kappa shape index (κ2) is 10.2. The zero-order chi connectivity index (χ0) is 22.4. The first-order chi connectivity index (χ1) is 14.9. The predicted octanol–water partition coefficient (Wildman–Crippen LogP) is 3.24. The minimum absolute atomic E-state index is 0.0922. The lowest BCUT2D eigenvalue weighted by atomic mass is 9.95. The third-order valence-corrected chi connectivity index (χ3v) is 5.24. The van der Waals surface area contributed by atoms with Crippen molar-refractivity contribution in [3.05, 3.63) is 65.5 Å². The molecule has 0 radical (unpaired) electrons. The number of rotatable bonds is 9. The Morgan fingerprint density at radius 3 is 2.42 bits per heavy atom. The monoisotopic (exact) mass is 423 g/mol. The lowest BCUT2D eigenvalue weighted by molar-refractivity contribution is -0.140. The molecule has 7 heteroatoms. The zero-order valence-electron chi connectivity index (χ0n) is 18.2. The van der Waals surface area contributed by atoms with Gasteiger partial charge in [-0.3, -0.25) is 14.6 Å². The number of carbonyl (C=O) groups is 2. The van der Waals surface area contributed by atoms with E-state index >= 15 is 0 Å². The van der Waals surface area contributed by atoms with Crippen LogP contribution < -0.4 is 4.74 Å². The average molecular weight is 424 g/mol. The van der Waals surface area contributed by atoms with E-state index in [1.807, 2.05) is 43.3 Å². The Bertz CT molecular complexity index is 939. The van der Waals surface area contributed by atoms with Crippen molar-refractivity contribution in [3.63, 3.8) is 0 Å². The molecular weight excluding hydrogens is 394 g/mol. The minimum atomic E-state index is -0.679. The zero-order valence-corrected chi connectivity index (χ0v) is 18.2. The summed E-state index contributed by atoms with van der Waals surface area (Å²) in [6, 6.07) is 9.93. The standard InChI is InChI=1S/C24H29N3O4/c1-4-5-16-31-19-8-6-17(7-9-19)21-20(22(28)18-10-12-25-13-11-18)23(29)24(30)27(21)15-14-26(2)3/h6-13,21,28H,4-5,14-16H2,1-3H3/b22-20+. The molecule has 1 aliphatic heterocycles. The van der Waals surface area contributed by atoms with Crippen LogP contribution in [0.15, 0.2) is 54.4 Å². The molecule has 1 saturated heterocycles. The number of hydrogen-bond acceptors (Lipinski definition) is 6. The van der Waals surface area contributed by atoms with E-state index in [4.69, 9.17) is 4.74 Å². The fourth-order valence-electron chi connectivity index (χ4n) is 3.51. The van der Waals surface area contributed by atoms with Gasteiger partial charge in [-0.15, -0.1) is 0 Å². The second-order valence-corrected chi connectivity index (χ2v) is 7.80. The van der Waals surface area contributed by atoms with Crippen LogP contribution in [-0.4, -0.2) is 65.4 Å². The smallest absolute Gasteiger partial charge is 0.295 e. The highest BCUT2D eigenvalue weighted by atomic mass is 16.5. The van der Waals surface area contributed by atoms with Crippen LogP contribution in [0.25, 0.3) is 5.76 Å². The highest BCUT2D eigenvalue weighted by molar-refractivity contribution is 6.46. The van der Waals surface area contributed by atoms with Crippen LogP contribution in [0.5, 0.6) is 5.75 Å². The van der Waals surface area contributed by atoms with Crippen LogP contribution in [0.4, 0.5) is 0 Å². The fraction of sp³-hybridized carbons (Fsp3) is 0.375. The molecule has 1 unspecified atom stereocenters. The van der Waals surface area contributed by atoms with Gasteiger partial charge in [-0.2, -0.15) is 0 Å². The number of benzene rings is 1. The normalized spacial score (nSPS) is 18.1. The molecule has 3 rings (SSSR count). The number of amides is 1. The van der Waals surface area contributed by atoms with Gasteiger partial charge in [-0.05, 0) is 50.3 Å². The topological polar surface area (TPSA) is 83.0 Å². The lowest BCUT2D eigenvalue weighted by Gasteiger charge is -2.26. The number of ether oxygens (including phenoxy) is 1. The quantitative estimate of drug-likeness (QED) is 0.289. The Hall–Kier alpha value is -3.19. The van der Waals surface area contributed by atoms with Gasteiger partial charge in [0, 0.05) is 31.0 Å². The number of unbranched alkanes of at least 4 members (excludes halogenated alkanes) is 1. The van der Waals surface area contributed by atoms with Gasteiger partial charge in [0.05, 0.1) is 18.2 Å². The Balaban J connectivity index is 2.01. The third-order valence-electron chi connectivity index (χ3n) is 5.24. The molecule has 1 N–H and O–H groups in total. The predicted molar refractivity (Wildman–Crippen MR) is 119 cm³/mol. The van der Waals surface area contributed by atoms with Gasteiger partial charge in [0.25, 0.3) is 11.7 Å². The number of aromatic nitrogens is 1. The maximum Gasteiger partial charge on any atom is 0.295 e. The maximum absolute atomic E-state index is 12.9. The number of pyridine rings is 1. The number of aliphatic hydroxyl groups excluding tert-OH is 1. The number of hydrogen-bond donors (Lipinski definition) is 1. The van der Waals surface area contributed by atoms with Crippen LogP contribution in [-0.2, 0) is 9.59 Å². The van der Waals surface area contributed by atoms with Crippen molar-refractivity contribution >= 4 is 17.4 Å². The molecule has 1 atom stereocenters. The number of ketones is 1. The van der Waals surface area contributed by atoms with E-state index in [1.165, 1.54) is 17.3 Å². The molecule has 0 aliphatic carbocycles. The molecule has 1 fully saturated rings. The van der Waals surface area contributed by atoms with E-state index in [2.05, 4.69) is 11.9 Å². The van der Waals surface area contributed by atoms with E-state index in [0.29, 0.717) is 25.3 Å². The summed E-state index contributed by atoms with van der Waals surface area (Å²) in [4.78, 5) is 33.2. The summed E-state index contributed by atoms with van der Waals surface area (Å²) in [6.45, 7) is 3.70. The third kappa shape index (κ3) is 5.11. The first-order valence-electron chi connectivity index (χ1n) is 10.5. The number of carbonyl (C=O) groups excluding carboxylic acids is 2. The van der Waals surface area contributed by atoms with Crippen molar-refractivity contribution in [2.24, 2.45) is 0 Å². The second-order valence-electron chi connectivity index (χ2n) is 7.80. The summed E-state index contributed by atoms with van der Waals surface area (Å²) in [5.41, 5.74) is 1.29. The minimum Gasteiger partial charge on any atom is -0.507 e. The SMILES string of the molecule is CCCCOc1ccc(C2/C(=C(\O)c3ccncc3)C(=O)C(=O)N2CCN(C)C)cc1. The van der Waals surface area contributed by atoms with Crippen LogP contribution in [0, 0.1) is 0 Å². The fourth-order valence-corrected chi connectivity index (χ4v) is 3.51. The number of likely N-dealkylation sites (tertiary alicyclic amines) is 1. The first kappa shape index (κ1) is 22.5. The Labute approximate surface area is 183 Å². The van der Waals surface area contributed by atoms with Gasteiger partial charge >= 0.3 is 0 Å². The molecule has 164 valence electrons. The molecule has 1 aromatic heterocycles. The molecule has 7 nitrogen and oxygen atoms in total. The first-order valence-corrected chi connectivity index (χ1v) is 10.5. The molecular formula is C24H29N3O4. The number of Topliss-reactive ketones (excluding diaryl/α,β-unsaturated/α-hetero) is 1. The molecule has 1 amide bonds. The van der Waals surface area contributed by atoms with Gasteiger partial charge in [-0.1, -0.05) is 25.5 Å². The van der Waals surface area contributed by atoms with Crippen molar-refractivity contribution in [2.45, 2.75) is 25.8 Å². The van der Waals surface area contributed by atoms with Crippen LogP contribution in [0.1, 0.15) is 36.9 Å². The number of likely N-dealkylation sites (N-methyl/N-ethyl adjacent to an activating group) is 1. The van der Waals surface area contributed by atoms with Crippen molar-refractivity contribution in [1.82, 2.24) is 14.8 Å². The van der Waals surface area contributed by atoms with Crippen molar-refractivity contribution in [3.8, 4) is 5.75 Å². The van der Waals surface area contributed by atoms with E-state index in [9.17, 15) is 14.7 Å². The maximum atomic E-state index is 12.9. The molecule has 1 aromatic carbocycles. The largest absolute Gasteiger partial charge is 0.507 e. The van der Waals surface area contributed by atoms with Gasteiger partial charge < -0.3 is 19.6 Å². The summed E-state index contributed by atoms with van der Waals surface area (Å²) < 4.78 is 5.73. The molecule has 0 saturated carbocycles. The van der Waals surface area contributed by atoms with Gasteiger partial charge in [0.15, 0.2) is 0 Å². The molecule has 31 heavy (non-hydrogen) atoms. The van der Waals surface area contributed by atoms with Crippen molar-refractivity contribution in [2.75, 3.05) is 33.8 Å². The van der Waals surface area contributed by atoms with E-state index in [1.54, 1.807) is 12.1 Å². The molecule has 0 spiro atoms. The molecule has 2 aromatic rings. The summed E-state index contributed by atoms with van der Waals surface area (Å²) in [7, 11) is 3.82. The Morgan fingerprint density at radius 2 is 1.81 bits per heavy atom. The lowest BCUT2D eigenvalue weighted by Crippen LogP contribution is -2.35. The highest BCUT2D eigenvalue weighted by Crippen LogP contribution is 2.39. The highest BCUT2D eigenvalue weighted by Gasteiger charge is 2.45. The number of nitrogens with zero attached hydrogens (tertiary/aromatic N) is 3. The Morgan fingerprint density at radius 1 is 1.13 bits per heavy atom. The molecule has 2 heterocycles. The van der Waals surface area contributed by atoms with E-state index in [0.717, 1.165) is 24.2 Å². The summed E-state index contributed by atoms with van der Waals surface area (Å²) in [6.07, 6.45) is 5.09. The van der Waals surface area contributed by atoms with Gasteiger partial charge in [0.1, 0.15) is 11.5 Å². The Kier molecular flexibility index (Phi) is 7.41. The van der Waals surface area contributed by atoms with Crippen molar-refractivity contribution < 1.29 is 19.4 Å². The summed E-state index contributed by atoms with van der Waals surface area (Å²) in [5, 5.41) is 11.0. The average Bonchev–Trinajstić information content (AvgIpc) is 3.03.